The fourth-order valence-corrected chi connectivity index (χ4v) is 1.55. The number of ether oxygens (including phenoxy) is 2. The van der Waals surface area contributed by atoms with Crippen molar-refractivity contribution in [2.75, 3.05) is 25.3 Å². The first-order chi connectivity index (χ1) is 8.90. The highest BCUT2D eigenvalue weighted by atomic mass is 16.5. The predicted molar refractivity (Wildman–Crippen MR) is 76.6 cm³/mol. The van der Waals surface area contributed by atoms with Crippen molar-refractivity contribution < 1.29 is 14.3 Å². The minimum atomic E-state index is -0.0903. The first kappa shape index (κ1) is 15.1. The van der Waals surface area contributed by atoms with Crippen molar-refractivity contribution >= 4 is 17.3 Å². The molecule has 0 aliphatic carbocycles. The minimum absolute atomic E-state index is 0.0612. The molecule has 0 aliphatic heterocycles. The molecule has 5 nitrogen and oxygen atoms in total. The van der Waals surface area contributed by atoms with E-state index in [0.717, 1.165) is 0 Å². The Morgan fingerprint density at radius 1 is 1.16 bits per heavy atom. The lowest BCUT2D eigenvalue weighted by atomic mass is 9.97. The molecule has 0 spiro atoms. The first-order valence-electron chi connectivity index (χ1n) is 6.23. The van der Waals surface area contributed by atoms with Gasteiger partial charge in [-0.3, -0.25) is 4.79 Å². The normalized spacial score (nSPS) is 12.1. The fraction of sp³-hybridized carbons (Fsp3) is 0.500. The molecule has 0 saturated carbocycles. The standard InChI is InChI=1S/C14H22N2O3/c1-8(2)9(3)14(17)16-11-7-13(19-5)12(18-4)6-10(11)15/h6-9H,15H2,1-5H3,(H,16,17). The molecule has 3 N–H and O–H groups in total. The van der Waals surface area contributed by atoms with Crippen LogP contribution in [0.1, 0.15) is 20.8 Å². The molecule has 1 unspecified atom stereocenters. The van der Waals surface area contributed by atoms with Gasteiger partial charge in [-0.25, -0.2) is 0 Å². The van der Waals surface area contributed by atoms with E-state index in [9.17, 15) is 4.79 Å². The average Bonchev–Trinajstić information content (AvgIpc) is 2.39. The Labute approximate surface area is 114 Å². The van der Waals surface area contributed by atoms with E-state index in [2.05, 4.69) is 5.32 Å². The van der Waals surface area contributed by atoms with E-state index >= 15 is 0 Å². The van der Waals surface area contributed by atoms with Crippen LogP contribution in [0.5, 0.6) is 11.5 Å². The molecule has 0 radical (unpaired) electrons. The van der Waals surface area contributed by atoms with Gasteiger partial charge in [-0.05, 0) is 5.92 Å². The van der Waals surface area contributed by atoms with Crippen LogP contribution in [0.3, 0.4) is 0 Å². The summed E-state index contributed by atoms with van der Waals surface area (Å²) in [7, 11) is 3.08. The second kappa shape index (κ2) is 6.31. The zero-order valence-corrected chi connectivity index (χ0v) is 12.1. The maximum atomic E-state index is 12.0. The van der Waals surface area contributed by atoms with Crippen LogP contribution in [-0.4, -0.2) is 20.1 Å². The SMILES string of the molecule is COc1cc(N)c(NC(=O)C(C)C(C)C)cc1OC. The van der Waals surface area contributed by atoms with Gasteiger partial charge in [0.05, 0.1) is 25.6 Å². The molecule has 1 atom stereocenters. The first-order valence-corrected chi connectivity index (χ1v) is 6.23. The molecule has 1 amide bonds. The molecular formula is C14H22N2O3. The Morgan fingerprint density at radius 2 is 1.68 bits per heavy atom. The summed E-state index contributed by atoms with van der Waals surface area (Å²) in [4.78, 5) is 12.0. The molecule has 1 rings (SSSR count). The van der Waals surface area contributed by atoms with E-state index in [1.807, 2.05) is 20.8 Å². The zero-order chi connectivity index (χ0) is 14.6. The largest absolute Gasteiger partial charge is 0.493 e. The second-order valence-electron chi connectivity index (χ2n) is 4.82. The molecule has 0 aromatic heterocycles. The van der Waals surface area contributed by atoms with E-state index in [4.69, 9.17) is 15.2 Å². The third kappa shape index (κ3) is 3.53. The number of benzene rings is 1. The number of hydrogen-bond acceptors (Lipinski definition) is 4. The quantitative estimate of drug-likeness (QED) is 0.803. The van der Waals surface area contributed by atoms with E-state index in [1.165, 1.54) is 14.2 Å². The maximum Gasteiger partial charge on any atom is 0.227 e. The van der Waals surface area contributed by atoms with Crippen LogP contribution >= 0.6 is 0 Å². The number of anilines is 2. The second-order valence-corrected chi connectivity index (χ2v) is 4.82. The number of amides is 1. The van der Waals surface area contributed by atoms with Crippen molar-refractivity contribution in [1.29, 1.82) is 0 Å². The Morgan fingerprint density at radius 3 is 2.16 bits per heavy atom. The van der Waals surface area contributed by atoms with Gasteiger partial charge in [-0.15, -0.1) is 0 Å². The molecule has 0 fully saturated rings. The molecule has 0 bridgehead atoms. The molecule has 0 heterocycles. The highest BCUT2D eigenvalue weighted by Crippen LogP contribution is 2.35. The van der Waals surface area contributed by atoms with Crippen LogP contribution in [-0.2, 0) is 4.79 Å². The third-order valence-electron chi connectivity index (χ3n) is 3.23. The topological polar surface area (TPSA) is 73.6 Å². The van der Waals surface area contributed by atoms with Gasteiger partial charge in [0.2, 0.25) is 5.91 Å². The molecule has 5 heteroatoms. The Balaban J connectivity index is 2.99. The lowest BCUT2D eigenvalue weighted by Crippen LogP contribution is -2.24. The summed E-state index contributed by atoms with van der Waals surface area (Å²) in [5.41, 5.74) is 6.88. The van der Waals surface area contributed by atoms with Gasteiger partial charge in [0.1, 0.15) is 0 Å². The highest BCUT2D eigenvalue weighted by molar-refractivity contribution is 5.96. The van der Waals surface area contributed by atoms with E-state index in [0.29, 0.717) is 22.9 Å². The summed E-state index contributed by atoms with van der Waals surface area (Å²) < 4.78 is 10.3. The van der Waals surface area contributed by atoms with Gasteiger partial charge < -0.3 is 20.5 Å². The highest BCUT2D eigenvalue weighted by Gasteiger charge is 2.18. The molecular weight excluding hydrogens is 244 g/mol. The molecule has 19 heavy (non-hydrogen) atoms. The van der Waals surface area contributed by atoms with Crippen LogP contribution in [0, 0.1) is 11.8 Å². The summed E-state index contributed by atoms with van der Waals surface area (Å²) in [6, 6.07) is 3.30. The number of nitrogens with two attached hydrogens (primary N) is 1. The molecule has 1 aromatic rings. The Kier molecular flexibility index (Phi) is 5.03. The van der Waals surface area contributed by atoms with Crippen molar-refractivity contribution in [3.63, 3.8) is 0 Å². The molecule has 1 aromatic carbocycles. The zero-order valence-electron chi connectivity index (χ0n) is 12.1. The van der Waals surface area contributed by atoms with Crippen molar-refractivity contribution in [3.8, 4) is 11.5 Å². The molecule has 106 valence electrons. The maximum absolute atomic E-state index is 12.0. The Bertz CT molecular complexity index is 458. The van der Waals surface area contributed by atoms with Gasteiger partial charge in [-0.2, -0.15) is 0 Å². The summed E-state index contributed by atoms with van der Waals surface area (Å²) >= 11 is 0. The van der Waals surface area contributed by atoms with Gasteiger partial charge in [-0.1, -0.05) is 20.8 Å². The van der Waals surface area contributed by atoms with Gasteiger partial charge in [0.25, 0.3) is 0 Å². The molecule has 0 aliphatic rings. The number of hydrogen-bond donors (Lipinski definition) is 2. The smallest absolute Gasteiger partial charge is 0.227 e. The van der Waals surface area contributed by atoms with Crippen LogP contribution in [0.2, 0.25) is 0 Å². The predicted octanol–water partition coefficient (Wildman–Crippen LogP) is 2.52. The van der Waals surface area contributed by atoms with Crippen LogP contribution in [0.25, 0.3) is 0 Å². The van der Waals surface area contributed by atoms with Gasteiger partial charge in [0, 0.05) is 18.1 Å². The lowest BCUT2D eigenvalue weighted by molar-refractivity contribution is -0.120. The number of carbonyl (C=O) groups is 1. The van der Waals surface area contributed by atoms with Crippen molar-refractivity contribution in [3.05, 3.63) is 12.1 Å². The van der Waals surface area contributed by atoms with E-state index in [1.54, 1.807) is 12.1 Å². The molecule has 0 saturated heterocycles. The van der Waals surface area contributed by atoms with Gasteiger partial charge >= 0.3 is 0 Å². The number of carbonyl (C=O) groups excluding carboxylic acids is 1. The van der Waals surface area contributed by atoms with E-state index in [-0.39, 0.29) is 17.7 Å². The van der Waals surface area contributed by atoms with Crippen LogP contribution < -0.4 is 20.5 Å². The number of nitrogens with one attached hydrogen (secondary N) is 1. The van der Waals surface area contributed by atoms with Gasteiger partial charge in [0.15, 0.2) is 11.5 Å². The van der Waals surface area contributed by atoms with Crippen molar-refractivity contribution in [2.24, 2.45) is 11.8 Å². The van der Waals surface area contributed by atoms with Crippen LogP contribution in [0.15, 0.2) is 12.1 Å². The minimum Gasteiger partial charge on any atom is -0.493 e. The van der Waals surface area contributed by atoms with Crippen LogP contribution in [0.4, 0.5) is 11.4 Å². The van der Waals surface area contributed by atoms with Crippen molar-refractivity contribution in [1.82, 2.24) is 0 Å². The van der Waals surface area contributed by atoms with E-state index < -0.39 is 0 Å². The summed E-state index contributed by atoms with van der Waals surface area (Å²) in [5, 5.41) is 2.82. The lowest BCUT2D eigenvalue weighted by Gasteiger charge is -2.17. The van der Waals surface area contributed by atoms with Crippen molar-refractivity contribution in [2.45, 2.75) is 20.8 Å². The summed E-state index contributed by atoms with van der Waals surface area (Å²) in [5.74, 6) is 1.18. The third-order valence-corrected chi connectivity index (χ3v) is 3.23. The Hall–Kier alpha value is -1.91. The monoisotopic (exact) mass is 266 g/mol. The summed E-state index contributed by atoms with van der Waals surface area (Å²) in [6.45, 7) is 5.89. The summed E-state index contributed by atoms with van der Waals surface area (Å²) in [6.07, 6.45) is 0. The number of methoxy groups -OCH3 is 2. The average molecular weight is 266 g/mol. The number of nitrogen functional groups attached to an aromatic ring is 1. The fourth-order valence-electron chi connectivity index (χ4n) is 1.55. The number of rotatable bonds is 5.